The Morgan fingerprint density at radius 1 is 1.52 bits per heavy atom. The molecule has 1 aromatic rings. The molecule has 1 N–H and O–H groups in total. The van der Waals surface area contributed by atoms with Crippen molar-refractivity contribution in [1.29, 1.82) is 0 Å². The lowest BCUT2D eigenvalue weighted by molar-refractivity contribution is -0.163. The van der Waals surface area contributed by atoms with E-state index in [9.17, 15) is 14.7 Å². The molecule has 0 bridgehead atoms. The third-order valence-corrected chi connectivity index (χ3v) is 3.30. The molecule has 0 spiro atoms. The minimum absolute atomic E-state index is 0.145. The zero-order valence-electron chi connectivity index (χ0n) is 11.6. The quantitative estimate of drug-likeness (QED) is 0.841. The number of fused-ring (bicyclic) bond motifs is 1. The third kappa shape index (κ3) is 3.43. The number of β-amino-alcohol motifs (C(OH)–C–C–N with tert-alkyl or cyclic N) is 1. The van der Waals surface area contributed by atoms with Gasteiger partial charge in [-0.3, -0.25) is 4.79 Å². The smallest absolute Gasteiger partial charge is 0.340 e. The standard InChI is InChI=1S/C15H16ClNO4/c1-10(16)8-21-14(19)15(2,20)9-17-7-11-5-3-4-6-12(11)13(17)18/h3-6,20H,1,7-9H2,2H3. The van der Waals surface area contributed by atoms with Crippen LogP contribution in [0.3, 0.4) is 0 Å². The lowest BCUT2D eigenvalue weighted by Crippen LogP contribution is -2.47. The monoisotopic (exact) mass is 309 g/mol. The second-order valence-electron chi connectivity index (χ2n) is 5.19. The number of esters is 1. The highest BCUT2D eigenvalue weighted by Crippen LogP contribution is 2.24. The lowest BCUT2D eigenvalue weighted by Gasteiger charge is -2.26. The topological polar surface area (TPSA) is 66.8 Å². The summed E-state index contributed by atoms with van der Waals surface area (Å²) in [5.41, 5.74) is -0.332. The average Bonchev–Trinajstić information content (AvgIpc) is 2.72. The fraction of sp³-hybridized carbons (Fsp3) is 0.333. The van der Waals surface area contributed by atoms with Crippen LogP contribution in [-0.2, 0) is 16.1 Å². The number of carbonyl (C=O) groups excluding carboxylic acids is 2. The molecule has 1 aliphatic rings. The molecule has 1 unspecified atom stereocenters. The van der Waals surface area contributed by atoms with Gasteiger partial charge in [0.15, 0.2) is 5.60 Å². The fourth-order valence-corrected chi connectivity index (χ4v) is 2.23. The number of amides is 1. The number of nitrogens with zero attached hydrogens (tertiary/aromatic N) is 1. The fourth-order valence-electron chi connectivity index (χ4n) is 2.18. The van der Waals surface area contributed by atoms with Crippen LogP contribution in [0, 0.1) is 0 Å². The van der Waals surface area contributed by atoms with Crippen LogP contribution in [-0.4, -0.2) is 40.6 Å². The molecule has 1 atom stereocenters. The average molecular weight is 310 g/mol. The number of ether oxygens (including phenoxy) is 1. The Kier molecular flexibility index (Phi) is 4.34. The summed E-state index contributed by atoms with van der Waals surface area (Å²) >= 11 is 5.51. The first-order valence-corrected chi connectivity index (χ1v) is 6.79. The number of hydrogen-bond donors (Lipinski definition) is 1. The van der Waals surface area contributed by atoms with E-state index in [0.29, 0.717) is 12.1 Å². The van der Waals surface area contributed by atoms with E-state index >= 15 is 0 Å². The molecule has 2 rings (SSSR count). The van der Waals surface area contributed by atoms with E-state index in [4.69, 9.17) is 16.3 Å². The Labute approximate surface area is 127 Å². The summed E-state index contributed by atoms with van der Waals surface area (Å²) in [7, 11) is 0. The van der Waals surface area contributed by atoms with Gasteiger partial charge in [0.05, 0.1) is 6.54 Å². The molecule has 5 nitrogen and oxygen atoms in total. The maximum Gasteiger partial charge on any atom is 0.340 e. The highest BCUT2D eigenvalue weighted by molar-refractivity contribution is 6.29. The number of benzene rings is 1. The van der Waals surface area contributed by atoms with E-state index in [0.717, 1.165) is 5.56 Å². The van der Waals surface area contributed by atoms with Gasteiger partial charge in [0.1, 0.15) is 6.61 Å². The van der Waals surface area contributed by atoms with Gasteiger partial charge in [0.25, 0.3) is 5.91 Å². The normalized spacial score (nSPS) is 16.3. The highest BCUT2D eigenvalue weighted by atomic mass is 35.5. The van der Waals surface area contributed by atoms with E-state index in [-0.39, 0.29) is 24.1 Å². The van der Waals surface area contributed by atoms with Gasteiger partial charge in [-0.05, 0) is 18.6 Å². The molecule has 1 aromatic carbocycles. The van der Waals surface area contributed by atoms with Crippen molar-refractivity contribution in [2.24, 2.45) is 0 Å². The molecule has 0 saturated carbocycles. The van der Waals surface area contributed by atoms with Crippen molar-refractivity contribution >= 4 is 23.5 Å². The lowest BCUT2D eigenvalue weighted by atomic mass is 10.1. The predicted octanol–water partition coefficient (Wildman–Crippen LogP) is 1.69. The van der Waals surface area contributed by atoms with Gasteiger partial charge in [0.2, 0.25) is 0 Å². The van der Waals surface area contributed by atoms with Crippen LogP contribution < -0.4 is 0 Å². The molecular formula is C15H16ClNO4. The van der Waals surface area contributed by atoms with E-state index in [2.05, 4.69) is 6.58 Å². The highest BCUT2D eigenvalue weighted by Gasteiger charge is 2.38. The summed E-state index contributed by atoms with van der Waals surface area (Å²) in [5, 5.41) is 10.4. The van der Waals surface area contributed by atoms with E-state index in [1.54, 1.807) is 12.1 Å². The van der Waals surface area contributed by atoms with Crippen molar-refractivity contribution < 1.29 is 19.4 Å². The van der Waals surface area contributed by atoms with E-state index in [1.807, 2.05) is 12.1 Å². The Balaban J connectivity index is 2.03. The number of hydrogen-bond acceptors (Lipinski definition) is 4. The van der Waals surface area contributed by atoms with Crippen LogP contribution in [0.25, 0.3) is 0 Å². The van der Waals surface area contributed by atoms with Crippen molar-refractivity contribution in [3.63, 3.8) is 0 Å². The SMILES string of the molecule is C=C(Cl)COC(=O)C(C)(O)CN1Cc2ccccc2C1=O. The zero-order valence-corrected chi connectivity index (χ0v) is 12.4. The molecule has 0 radical (unpaired) electrons. The van der Waals surface area contributed by atoms with Crippen molar-refractivity contribution in [3.8, 4) is 0 Å². The van der Waals surface area contributed by atoms with Crippen molar-refractivity contribution in [3.05, 3.63) is 47.0 Å². The van der Waals surface area contributed by atoms with Crippen LogP contribution in [0.15, 0.2) is 35.9 Å². The second kappa shape index (κ2) is 5.87. The molecule has 112 valence electrons. The largest absolute Gasteiger partial charge is 0.458 e. The molecule has 21 heavy (non-hydrogen) atoms. The van der Waals surface area contributed by atoms with Gasteiger partial charge in [0, 0.05) is 17.1 Å². The summed E-state index contributed by atoms with van der Waals surface area (Å²) in [4.78, 5) is 25.4. The first-order valence-electron chi connectivity index (χ1n) is 6.41. The van der Waals surface area contributed by atoms with Crippen LogP contribution in [0.4, 0.5) is 0 Å². The van der Waals surface area contributed by atoms with Gasteiger partial charge < -0.3 is 14.7 Å². The van der Waals surface area contributed by atoms with Crippen LogP contribution in [0.1, 0.15) is 22.8 Å². The summed E-state index contributed by atoms with van der Waals surface area (Å²) < 4.78 is 4.83. The van der Waals surface area contributed by atoms with Gasteiger partial charge in [-0.25, -0.2) is 4.79 Å². The first-order chi connectivity index (χ1) is 9.81. The second-order valence-corrected chi connectivity index (χ2v) is 5.72. The number of halogens is 1. The van der Waals surface area contributed by atoms with E-state index < -0.39 is 11.6 Å². The van der Waals surface area contributed by atoms with Crippen molar-refractivity contribution in [1.82, 2.24) is 4.90 Å². The van der Waals surface area contributed by atoms with Crippen LogP contribution >= 0.6 is 11.6 Å². The first kappa shape index (κ1) is 15.5. The Bertz CT molecular complexity index is 597. The minimum Gasteiger partial charge on any atom is -0.458 e. The molecule has 0 saturated heterocycles. The van der Waals surface area contributed by atoms with Crippen molar-refractivity contribution in [2.45, 2.75) is 19.1 Å². The van der Waals surface area contributed by atoms with Crippen LogP contribution in [0.5, 0.6) is 0 Å². The molecule has 0 aromatic heterocycles. The molecule has 0 fully saturated rings. The Hall–Kier alpha value is -1.85. The molecular weight excluding hydrogens is 294 g/mol. The number of rotatable bonds is 5. The summed E-state index contributed by atoms with van der Waals surface area (Å²) in [6.07, 6.45) is 0. The molecule has 1 amide bonds. The van der Waals surface area contributed by atoms with E-state index in [1.165, 1.54) is 11.8 Å². The maximum absolute atomic E-state index is 12.2. The van der Waals surface area contributed by atoms with Gasteiger partial charge in [-0.1, -0.05) is 36.4 Å². The van der Waals surface area contributed by atoms with Gasteiger partial charge in [-0.15, -0.1) is 0 Å². The zero-order chi connectivity index (χ0) is 15.6. The van der Waals surface area contributed by atoms with Gasteiger partial charge in [-0.2, -0.15) is 0 Å². The molecule has 0 aliphatic carbocycles. The molecule has 1 aliphatic heterocycles. The van der Waals surface area contributed by atoms with Gasteiger partial charge >= 0.3 is 5.97 Å². The molecule has 1 heterocycles. The third-order valence-electron chi connectivity index (χ3n) is 3.19. The number of aliphatic hydroxyl groups is 1. The maximum atomic E-state index is 12.2. The summed E-state index contributed by atoms with van der Waals surface area (Å²) in [6.45, 7) is 4.74. The number of carbonyl (C=O) groups is 2. The van der Waals surface area contributed by atoms with Crippen LogP contribution in [0.2, 0.25) is 0 Å². The predicted molar refractivity (Wildman–Crippen MR) is 77.8 cm³/mol. The summed E-state index contributed by atoms with van der Waals surface area (Å²) in [6, 6.07) is 7.19. The minimum atomic E-state index is -1.80. The Morgan fingerprint density at radius 3 is 2.81 bits per heavy atom. The summed E-state index contributed by atoms with van der Waals surface area (Å²) in [5.74, 6) is -1.05. The molecule has 6 heteroatoms. The Morgan fingerprint density at radius 2 is 2.19 bits per heavy atom. The van der Waals surface area contributed by atoms with Crippen molar-refractivity contribution in [2.75, 3.05) is 13.2 Å².